The lowest BCUT2D eigenvalue weighted by molar-refractivity contribution is 0.102. The van der Waals surface area contributed by atoms with Crippen LogP contribution >= 0.6 is 15.9 Å². The average Bonchev–Trinajstić information content (AvgIpc) is 2.49. The van der Waals surface area contributed by atoms with Crippen molar-refractivity contribution < 1.29 is 4.79 Å². The number of anilines is 1. The van der Waals surface area contributed by atoms with Gasteiger partial charge >= 0.3 is 0 Å². The zero-order valence-corrected chi connectivity index (χ0v) is 12.0. The third-order valence-electron chi connectivity index (χ3n) is 2.80. The van der Waals surface area contributed by atoms with Crippen LogP contribution in [0, 0.1) is 0 Å². The number of fused-ring (bicyclic) bond motifs is 1. The van der Waals surface area contributed by atoms with Crippen molar-refractivity contribution in [3.8, 4) is 0 Å². The second-order valence-corrected chi connectivity index (χ2v) is 5.03. The van der Waals surface area contributed by atoms with Gasteiger partial charge in [-0.3, -0.25) is 9.78 Å². The molecule has 1 aromatic heterocycles. The van der Waals surface area contributed by atoms with E-state index in [1.807, 2.05) is 48.5 Å². The number of para-hydroxylation sites is 3. The summed E-state index contributed by atoms with van der Waals surface area (Å²) in [6.07, 6.45) is 1.48. The first-order chi connectivity index (χ1) is 9.74. The van der Waals surface area contributed by atoms with E-state index < -0.39 is 0 Å². The van der Waals surface area contributed by atoms with E-state index in [0.717, 1.165) is 9.99 Å². The zero-order chi connectivity index (χ0) is 13.9. The number of carbonyl (C=O) groups excluding carboxylic acids is 1. The Morgan fingerprint density at radius 1 is 1.00 bits per heavy atom. The predicted molar refractivity (Wildman–Crippen MR) is 81.6 cm³/mol. The van der Waals surface area contributed by atoms with Crippen molar-refractivity contribution in [3.63, 3.8) is 0 Å². The Morgan fingerprint density at radius 3 is 2.50 bits per heavy atom. The number of amides is 1. The molecular formula is C15H10BrN3O. The van der Waals surface area contributed by atoms with E-state index in [2.05, 4.69) is 31.2 Å². The molecule has 0 atom stereocenters. The monoisotopic (exact) mass is 327 g/mol. The summed E-state index contributed by atoms with van der Waals surface area (Å²) in [6.45, 7) is 0. The molecule has 20 heavy (non-hydrogen) atoms. The summed E-state index contributed by atoms with van der Waals surface area (Å²) in [4.78, 5) is 20.7. The van der Waals surface area contributed by atoms with Gasteiger partial charge in [0.1, 0.15) is 5.69 Å². The molecule has 0 aliphatic heterocycles. The zero-order valence-electron chi connectivity index (χ0n) is 10.4. The smallest absolute Gasteiger partial charge is 0.275 e. The Labute approximate surface area is 124 Å². The van der Waals surface area contributed by atoms with Crippen LogP contribution < -0.4 is 5.32 Å². The summed E-state index contributed by atoms with van der Waals surface area (Å²) < 4.78 is 0.821. The fraction of sp³-hybridized carbons (Fsp3) is 0. The van der Waals surface area contributed by atoms with Gasteiger partial charge in [-0.05, 0) is 40.2 Å². The van der Waals surface area contributed by atoms with Gasteiger partial charge in [-0.2, -0.15) is 0 Å². The van der Waals surface area contributed by atoms with Crippen molar-refractivity contribution in [1.29, 1.82) is 0 Å². The van der Waals surface area contributed by atoms with Crippen LogP contribution in [-0.4, -0.2) is 15.9 Å². The topological polar surface area (TPSA) is 54.9 Å². The van der Waals surface area contributed by atoms with Gasteiger partial charge in [0.15, 0.2) is 0 Å². The van der Waals surface area contributed by atoms with Gasteiger partial charge in [0, 0.05) is 4.47 Å². The van der Waals surface area contributed by atoms with E-state index >= 15 is 0 Å². The molecule has 5 heteroatoms. The minimum atomic E-state index is -0.282. The average molecular weight is 328 g/mol. The van der Waals surface area contributed by atoms with Gasteiger partial charge in [-0.25, -0.2) is 4.98 Å². The maximum absolute atomic E-state index is 12.2. The van der Waals surface area contributed by atoms with Crippen LogP contribution in [0.4, 0.5) is 5.69 Å². The normalized spacial score (nSPS) is 10.4. The second kappa shape index (κ2) is 5.38. The van der Waals surface area contributed by atoms with Crippen LogP contribution in [0.3, 0.4) is 0 Å². The molecular weight excluding hydrogens is 318 g/mol. The second-order valence-electron chi connectivity index (χ2n) is 4.18. The summed E-state index contributed by atoms with van der Waals surface area (Å²) in [6, 6.07) is 14.9. The van der Waals surface area contributed by atoms with E-state index in [9.17, 15) is 4.79 Å². The molecule has 0 unspecified atom stereocenters. The molecule has 0 bridgehead atoms. The van der Waals surface area contributed by atoms with Crippen molar-refractivity contribution in [2.45, 2.75) is 0 Å². The maximum Gasteiger partial charge on any atom is 0.275 e. The van der Waals surface area contributed by atoms with Gasteiger partial charge in [-0.15, -0.1) is 0 Å². The van der Waals surface area contributed by atoms with Crippen LogP contribution in [0.2, 0.25) is 0 Å². The number of halogens is 1. The van der Waals surface area contributed by atoms with Crippen LogP contribution in [0.25, 0.3) is 11.0 Å². The minimum absolute atomic E-state index is 0.282. The summed E-state index contributed by atoms with van der Waals surface area (Å²) in [7, 11) is 0. The molecule has 4 nitrogen and oxygen atoms in total. The highest BCUT2D eigenvalue weighted by Crippen LogP contribution is 2.21. The first-order valence-corrected chi connectivity index (χ1v) is 6.81. The van der Waals surface area contributed by atoms with Crippen molar-refractivity contribution in [1.82, 2.24) is 9.97 Å². The summed E-state index contributed by atoms with van der Waals surface area (Å²) >= 11 is 3.39. The molecule has 0 spiro atoms. The van der Waals surface area contributed by atoms with Crippen LogP contribution in [-0.2, 0) is 0 Å². The molecule has 3 rings (SSSR count). The van der Waals surface area contributed by atoms with Crippen molar-refractivity contribution in [3.05, 3.63) is 64.9 Å². The van der Waals surface area contributed by atoms with Crippen molar-refractivity contribution >= 4 is 38.6 Å². The van der Waals surface area contributed by atoms with Gasteiger partial charge in [0.25, 0.3) is 5.91 Å². The largest absolute Gasteiger partial charge is 0.320 e. The van der Waals surface area contributed by atoms with Crippen molar-refractivity contribution in [2.24, 2.45) is 0 Å². The van der Waals surface area contributed by atoms with E-state index in [1.165, 1.54) is 6.20 Å². The SMILES string of the molecule is O=C(Nc1ccccc1Br)c1cnc2ccccc2n1. The molecule has 0 radical (unpaired) electrons. The first-order valence-electron chi connectivity index (χ1n) is 6.02. The molecule has 0 saturated carbocycles. The number of rotatable bonds is 2. The molecule has 98 valence electrons. The Kier molecular flexibility index (Phi) is 3.43. The molecule has 3 aromatic rings. The molecule has 1 heterocycles. The lowest BCUT2D eigenvalue weighted by atomic mass is 10.3. The Morgan fingerprint density at radius 2 is 1.70 bits per heavy atom. The molecule has 1 N–H and O–H groups in total. The highest BCUT2D eigenvalue weighted by molar-refractivity contribution is 9.10. The fourth-order valence-corrected chi connectivity index (χ4v) is 2.20. The van der Waals surface area contributed by atoms with E-state index in [4.69, 9.17) is 0 Å². The molecule has 0 saturated heterocycles. The van der Waals surface area contributed by atoms with Crippen LogP contribution in [0.5, 0.6) is 0 Å². The quantitative estimate of drug-likeness (QED) is 0.781. The highest BCUT2D eigenvalue weighted by Gasteiger charge is 2.10. The fourth-order valence-electron chi connectivity index (χ4n) is 1.82. The van der Waals surface area contributed by atoms with Crippen LogP contribution in [0.15, 0.2) is 59.2 Å². The lowest BCUT2D eigenvalue weighted by Gasteiger charge is -2.06. The molecule has 0 fully saturated rings. The van der Waals surface area contributed by atoms with E-state index in [1.54, 1.807) is 0 Å². The van der Waals surface area contributed by atoms with Crippen molar-refractivity contribution in [2.75, 3.05) is 5.32 Å². The van der Waals surface area contributed by atoms with E-state index in [0.29, 0.717) is 16.9 Å². The van der Waals surface area contributed by atoms with E-state index in [-0.39, 0.29) is 5.91 Å². The summed E-state index contributed by atoms with van der Waals surface area (Å²) in [5, 5.41) is 2.80. The van der Waals surface area contributed by atoms with Crippen LogP contribution in [0.1, 0.15) is 10.5 Å². The number of aromatic nitrogens is 2. The highest BCUT2D eigenvalue weighted by atomic mass is 79.9. The number of nitrogens with zero attached hydrogens (tertiary/aromatic N) is 2. The Bertz CT molecular complexity index is 789. The Hall–Kier alpha value is -2.27. The lowest BCUT2D eigenvalue weighted by Crippen LogP contribution is -2.14. The molecule has 1 amide bonds. The number of benzene rings is 2. The first kappa shape index (κ1) is 12.7. The number of nitrogens with one attached hydrogen (secondary N) is 1. The van der Waals surface area contributed by atoms with Gasteiger partial charge in [0.2, 0.25) is 0 Å². The molecule has 2 aromatic carbocycles. The third kappa shape index (κ3) is 2.53. The minimum Gasteiger partial charge on any atom is -0.320 e. The van der Waals surface area contributed by atoms with Gasteiger partial charge < -0.3 is 5.32 Å². The maximum atomic E-state index is 12.2. The van der Waals surface area contributed by atoms with Gasteiger partial charge in [-0.1, -0.05) is 24.3 Å². The number of hydrogen-bond donors (Lipinski definition) is 1. The molecule has 0 aliphatic rings. The summed E-state index contributed by atoms with van der Waals surface area (Å²) in [5.41, 5.74) is 2.46. The third-order valence-corrected chi connectivity index (χ3v) is 3.49. The summed E-state index contributed by atoms with van der Waals surface area (Å²) in [5.74, 6) is -0.282. The standard InChI is InChI=1S/C15H10BrN3O/c16-10-5-1-2-6-11(10)19-15(20)14-9-17-12-7-3-4-8-13(12)18-14/h1-9H,(H,19,20). The predicted octanol–water partition coefficient (Wildman–Crippen LogP) is 3.64. The van der Waals surface area contributed by atoms with Gasteiger partial charge in [0.05, 0.1) is 22.9 Å². The Balaban J connectivity index is 1.91. The number of hydrogen-bond acceptors (Lipinski definition) is 3. The molecule has 0 aliphatic carbocycles. The number of carbonyl (C=O) groups is 1.